The van der Waals surface area contributed by atoms with Gasteiger partial charge in [-0.2, -0.15) is 0 Å². The van der Waals surface area contributed by atoms with Crippen molar-refractivity contribution in [3.05, 3.63) is 46.6 Å². The van der Waals surface area contributed by atoms with Gasteiger partial charge in [-0.15, -0.1) is 0 Å². The number of aromatic amines is 1. The number of ether oxygens (including phenoxy) is 1. The number of hydroxylamine groups is 1. The van der Waals surface area contributed by atoms with E-state index in [4.69, 9.17) is 9.57 Å². The highest BCUT2D eigenvalue weighted by Crippen LogP contribution is 2.31. The zero-order valence-corrected chi connectivity index (χ0v) is 20.3. The summed E-state index contributed by atoms with van der Waals surface area (Å²) in [5.41, 5.74) is 2.31. The lowest BCUT2D eigenvalue weighted by Gasteiger charge is -2.31. The van der Waals surface area contributed by atoms with E-state index < -0.39 is 5.60 Å². The summed E-state index contributed by atoms with van der Waals surface area (Å²) in [7, 11) is 1.84. The van der Waals surface area contributed by atoms with Crippen molar-refractivity contribution in [1.82, 2.24) is 9.88 Å². The molecular weight excluding hydrogens is 446 g/mol. The van der Waals surface area contributed by atoms with Crippen molar-refractivity contribution in [2.24, 2.45) is 0 Å². The van der Waals surface area contributed by atoms with Crippen molar-refractivity contribution >= 4 is 33.9 Å². The second-order valence-electron chi connectivity index (χ2n) is 8.38. The maximum absolute atomic E-state index is 12.7. The molecule has 166 valence electrons. The number of aromatic nitrogens is 1. The van der Waals surface area contributed by atoms with Crippen LogP contribution >= 0.6 is 15.9 Å². The Morgan fingerprint density at radius 2 is 2.17 bits per heavy atom. The van der Waals surface area contributed by atoms with Crippen LogP contribution in [0.5, 0.6) is 0 Å². The van der Waals surface area contributed by atoms with Crippen LogP contribution in [0.3, 0.4) is 0 Å². The maximum atomic E-state index is 12.7. The van der Waals surface area contributed by atoms with E-state index in [0.717, 1.165) is 46.3 Å². The maximum Gasteiger partial charge on any atom is 0.410 e. The third-order valence-corrected chi connectivity index (χ3v) is 5.53. The molecule has 1 N–H and O–H groups in total. The number of rotatable bonds is 8. The highest BCUT2D eigenvalue weighted by Gasteiger charge is 2.35. The standard InChI is InChI=1S/C23H34BrN3O3/c1-8-11-18(20-12-10-13-27(20)22(28)30-23(4,5)6)16(3)15-29-26(7)21-17(9-2)19(24)14-25-21/h9,11,14,20,25H,2-3,8,10,12-13,15H2,1,4-7H3/b18-11+/t20-/m0/s1. The van der Waals surface area contributed by atoms with E-state index in [1.165, 1.54) is 0 Å². The summed E-state index contributed by atoms with van der Waals surface area (Å²) in [6.07, 6.45) is 8.17. The molecule has 1 fully saturated rings. The lowest BCUT2D eigenvalue weighted by molar-refractivity contribution is 0.0248. The number of hydrogen-bond acceptors (Lipinski definition) is 4. The van der Waals surface area contributed by atoms with Crippen molar-refractivity contribution in [1.29, 1.82) is 0 Å². The van der Waals surface area contributed by atoms with Crippen LogP contribution in [0.25, 0.3) is 6.08 Å². The molecule has 2 heterocycles. The number of allylic oxidation sites excluding steroid dienone is 1. The lowest BCUT2D eigenvalue weighted by Crippen LogP contribution is -2.41. The van der Waals surface area contributed by atoms with E-state index in [1.807, 2.05) is 38.9 Å². The van der Waals surface area contributed by atoms with Crippen LogP contribution in [0.2, 0.25) is 0 Å². The number of likely N-dealkylation sites (tertiary alicyclic amines) is 1. The van der Waals surface area contributed by atoms with Gasteiger partial charge in [0.2, 0.25) is 0 Å². The third-order valence-electron chi connectivity index (χ3n) is 4.87. The molecule has 1 aliphatic heterocycles. The van der Waals surface area contributed by atoms with E-state index in [1.54, 1.807) is 11.1 Å². The Labute approximate surface area is 188 Å². The number of nitrogens with one attached hydrogen (secondary N) is 1. The molecule has 6 nitrogen and oxygen atoms in total. The van der Waals surface area contributed by atoms with Crippen LogP contribution in [0.15, 0.2) is 41.0 Å². The summed E-state index contributed by atoms with van der Waals surface area (Å²) in [6.45, 7) is 16.9. The quantitative estimate of drug-likeness (QED) is 0.362. The molecule has 0 unspecified atom stereocenters. The molecule has 1 aromatic rings. The highest BCUT2D eigenvalue weighted by atomic mass is 79.9. The zero-order chi connectivity index (χ0) is 22.5. The number of carbonyl (C=O) groups excluding carboxylic acids is 1. The Bertz CT molecular complexity index is 807. The summed E-state index contributed by atoms with van der Waals surface area (Å²) in [4.78, 5) is 23.7. The van der Waals surface area contributed by atoms with Crippen LogP contribution in [0, 0.1) is 0 Å². The van der Waals surface area contributed by atoms with Crippen molar-refractivity contribution in [2.75, 3.05) is 25.3 Å². The average molecular weight is 480 g/mol. The molecule has 7 heteroatoms. The Morgan fingerprint density at radius 1 is 1.47 bits per heavy atom. The first-order valence-corrected chi connectivity index (χ1v) is 11.1. The minimum atomic E-state index is -0.519. The predicted octanol–water partition coefficient (Wildman–Crippen LogP) is 6.08. The van der Waals surface area contributed by atoms with Gasteiger partial charge in [0.15, 0.2) is 0 Å². The molecule has 0 spiro atoms. The van der Waals surface area contributed by atoms with Gasteiger partial charge in [0.05, 0.1) is 12.6 Å². The van der Waals surface area contributed by atoms with Crippen molar-refractivity contribution in [2.45, 2.75) is 58.6 Å². The fourth-order valence-electron chi connectivity index (χ4n) is 3.54. The summed E-state index contributed by atoms with van der Waals surface area (Å²) in [6, 6.07) is -0.0374. The number of amides is 1. The molecular formula is C23H34BrN3O3. The summed E-state index contributed by atoms with van der Waals surface area (Å²) in [5, 5.41) is 1.68. The van der Waals surface area contributed by atoms with Crippen LogP contribution in [0.4, 0.5) is 10.6 Å². The smallest absolute Gasteiger partial charge is 0.410 e. The summed E-state index contributed by atoms with van der Waals surface area (Å²) >= 11 is 3.49. The first-order chi connectivity index (χ1) is 14.1. The molecule has 1 aromatic heterocycles. The Kier molecular flexibility index (Phi) is 8.38. The Balaban J connectivity index is 2.09. The molecule has 0 aromatic carbocycles. The molecule has 30 heavy (non-hydrogen) atoms. The minimum Gasteiger partial charge on any atom is -0.444 e. The molecule has 0 aliphatic carbocycles. The van der Waals surface area contributed by atoms with Gasteiger partial charge in [-0.05, 0) is 67.1 Å². The average Bonchev–Trinajstić information content (AvgIpc) is 3.29. The largest absolute Gasteiger partial charge is 0.444 e. The highest BCUT2D eigenvalue weighted by molar-refractivity contribution is 9.10. The van der Waals surface area contributed by atoms with Gasteiger partial charge in [-0.3, -0.25) is 4.84 Å². The summed E-state index contributed by atoms with van der Waals surface area (Å²) in [5.74, 6) is 0.807. The SMILES string of the molecule is C=Cc1c(Br)c[nH]c1N(C)OCC(=C)/C(=C\CC)[C@@H]1CCCN1C(=O)OC(C)(C)C. The van der Waals surface area contributed by atoms with E-state index >= 15 is 0 Å². The first-order valence-electron chi connectivity index (χ1n) is 10.3. The minimum absolute atomic E-state index is 0.0374. The lowest BCUT2D eigenvalue weighted by atomic mass is 9.97. The van der Waals surface area contributed by atoms with Crippen molar-refractivity contribution in [3.8, 4) is 0 Å². The predicted molar refractivity (Wildman–Crippen MR) is 126 cm³/mol. The molecule has 1 amide bonds. The van der Waals surface area contributed by atoms with Gasteiger partial charge in [-0.25, -0.2) is 9.86 Å². The fraction of sp³-hybridized carbons (Fsp3) is 0.522. The monoisotopic (exact) mass is 479 g/mol. The Hall–Kier alpha value is -1.99. The van der Waals surface area contributed by atoms with E-state index in [-0.39, 0.29) is 12.1 Å². The van der Waals surface area contributed by atoms with Gasteiger partial charge in [0.25, 0.3) is 0 Å². The number of halogens is 1. The van der Waals surface area contributed by atoms with E-state index in [2.05, 4.69) is 47.1 Å². The number of anilines is 1. The van der Waals surface area contributed by atoms with Gasteiger partial charge in [0, 0.05) is 29.8 Å². The molecule has 0 radical (unpaired) electrons. The number of carbonyl (C=O) groups is 1. The van der Waals surface area contributed by atoms with Crippen molar-refractivity contribution < 1.29 is 14.4 Å². The second-order valence-corrected chi connectivity index (χ2v) is 9.23. The Morgan fingerprint density at radius 3 is 2.77 bits per heavy atom. The summed E-state index contributed by atoms with van der Waals surface area (Å²) < 4.78 is 6.54. The normalized spacial score (nSPS) is 17.2. The molecule has 1 saturated heterocycles. The van der Waals surface area contributed by atoms with Crippen LogP contribution in [0.1, 0.15) is 52.5 Å². The fourth-order valence-corrected chi connectivity index (χ4v) is 4.01. The molecule has 2 rings (SSSR count). The molecule has 0 bridgehead atoms. The first kappa shape index (κ1) is 24.3. The topological polar surface area (TPSA) is 57.8 Å². The third kappa shape index (κ3) is 6.01. The van der Waals surface area contributed by atoms with Gasteiger partial charge in [0.1, 0.15) is 11.4 Å². The van der Waals surface area contributed by atoms with Gasteiger partial charge >= 0.3 is 6.09 Å². The molecule has 1 atom stereocenters. The number of H-pyrrole nitrogens is 1. The number of nitrogens with zero attached hydrogens (tertiary/aromatic N) is 2. The van der Waals surface area contributed by atoms with Crippen LogP contribution in [-0.4, -0.2) is 47.8 Å². The second kappa shape index (κ2) is 10.4. The number of hydrogen-bond donors (Lipinski definition) is 1. The van der Waals surface area contributed by atoms with E-state index in [0.29, 0.717) is 13.2 Å². The van der Waals surface area contributed by atoms with Gasteiger partial charge < -0.3 is 14.6 Å². The van der Waals surface area contributed by atoms with Crippen molar-refractivity contribution in [3.63, 3.8) is 0 Å². The van der Waals surface area contributed by atoms with Crippen LogP contribution < -0.4 is 5.06 Å². The van der Waals surface area contributed by atoms with Gasteiger partial charge in [-0.1, -0.05) is 32.2 Å². The molecule has 0 saturated carbocycles. The van der Waals surface area contributed by atoms with E-state index in [9.17, 15) is 4.79 Å². The molecule has 1 aliphatic rings. The van der Waals surface area contributed by atoms with Crippen LogP contribution in [-0.2, 0) is 9.57 Å². The zero-order valence-electron chi connectivity index (χ0n) is 18.8.